The monoisotopic (exact) mass is 259 g/mol. The molecule has 1 aromatic heterocycles. The highest BCUT2D eigenvalue weighted by Gasteiger charge is 2.11. The Balaban J connectivity index is 2.25. The lowest BCUT2D eigenvalue weighted by atomic mass is 9.93. The summed E-state index contributed by atoms with van der Waals surface area (Å²) in [5.74, 6) is 0.805. The number of benzene rings is 1. The molecule has 0 spiro atoms. The van der Waals surface area contributed by atoms with E-state index in [-0.39, 0.29) is 12.0 Å². The summed E-state index contributed by atoms with van der Waals surface area (Å²) in [6.45, 7) is 7.18. The molecule has 3 nitrogen and oxygen atoms in total. The van der Waals surface area contributed by atoms with Crippen LogP contribution >= 0.6 is 0 Å². The topological polar surface area (TPSA) is 42.4 Å². The van der Waals surface area contributed by atoms with Gasteiger partial charge in [0.15, 0.2) is 0 Å². The van der Waals surface area contributed by atoms with Gasteiger partial charge in [-0.1, -0.05) is 32.9 Å². The van der Waals surface area contributed by atoms with E-state index in [1.807, 2.05) is 30.3 Å². The molecule has 1 heterocycles. The van der Waals surface area contributed by atoms with Crippen molar-refractivity contribution in [2.45, 2.75) is 33.8 Å². The van der Waals surface area contributed by atoms with Crippen molar-refractivity contribution in [3.05, 3.63) is 36.0 Å². The fourth-order valence-corrected chi connectivity index (χ4v) is 1.86. The summed E-state index contributed by atoms with van der Waals surface area (Å²) in [6.07, 6.45) is 0.984. The van der Waals surface area contributed by atoms with Crippen LogP contribution in [0.3, 0.4) is 0 Å². The van der Waals surface area contributed by atoms with Crippen molar-refractivity contribution in [2.75, 3.05) is 6.61 Å². The van der Waals surface area contributed by atoms with Gasteiger partial charge >= 0.3 is 0 Å². The molecule has 0 aliphatic rings. The highest BCUT2D eigenvalue weighted by Crippen LogP contribution is 2.27. The molecule has 0 atom stereocenters. The van der Waals surface area contributed by atoms with Crippen LogP contribution in [0, 0.1) is 5.41 Å². The van der Waals surface area contributed by atoms with E-state index >= 15 is 0 Å². The van der Waals surface area contributed by atoms with Crippen LogP contribution in [0.1, 0.15) is 32.9 Å². The van der Waals surface area contributed by atoms with E-state index in [1.54, 1.807) is 0 Å². The number of rotatable bonds is 4. The Morgan fingerprint density at radius 3 is 2.63 bits per heavy atom. The number of fused-ring (bicyclic) bond motifs is 1. The largest absolute Gasteiger partial charge is 0.493 e. The van der Waals surface area contributed by atoms with E-state index in [1.165, 1.54) is 0 Å². The zero-order valence-corrected chi connectivity index (χ0v) is 11.8. The minimum atomic E-state index is -0.0690. The number of nitrogens with zero attached hydrogens (tertiary/aromatic N) is 1. The van der Waals surface area contributed by atoms with Crippen LogP contribution in [0.25, 0.3) is 10.9 Å². The lowest BCUT2D eigenvalue weighted by Crippen LogP contribution is -2.11. The van der Waals surface area contributed by atoms with Crippen LogP contribution < -0.4 is 4.74 Å². The second-order valence-electron chi connectivity index (χ2n) is 5.95. The Morgan fingerprint density at radius 2 is 1.95 bits per heavy atom. The van der Waals surface area contributed by atoms with Crippen molar-refractivity contribution in [1.82, 2.24) is 4.98 Å². The number of aromatic nitrogens is 1. The molecule has 1 aromatic carbocycles. The maximum absolute atomic E-state index is 9.26. The SMILES string of the molecule is CC(C)(C)CCOc1cc(CO)nc2ccccc12. The summed E-state index contributed by atoms with van der Waals surface area (Å²) < 4.78 is 5.89. The molecule has 0 aliphatic carbocycles. The number of para-hydroxylation sites is 1. The van der Waals surface area contributed by atoms with Gasteiger partial charge in [-0.2, -0.15) is 0 Å². The van der Waals surface area contributed by atoms with Gasteiger partial charge in [0, 0.05) is 11.5 Å². The number of hydrogen-bond acceptors (Lipinski definition) is 3. The molecule has 2 aromatic rings. The van der Waals surface area contributed by atoms with Gasteiger partial charge in [-0.3, -0.25) is 4.98 Å². The highest BCUT2D eigenvalue weighted by molar-refractivity contribution is 5.85. The van der Waals surface area contributed by atoms with E-state index < -0.39 is 0 Å². The third-order valence-electron chi connectivity index (χ3n) is 3.00. The van der Waals surface area contributed by atoms with Crippen LogP contribution in [0.2, 0.25) is 0 Å². The van der Waals surface area contributed by atoms with E-state index in [0.29, 0.717) is 12.3 Å². The zero-order valence-electron chi connectivity index (χ0n) is 11.8. The average Bonchev–Trinajstić information content (AvgIpc) is 2.37. The van der Waals surface area contributed by atoms with E-state index in [9.17, 15) is 5.11 Å². The van der Waals surface area contributed by atoms with Gasteiger partial charge in [-0.05, 0) is 24.0 Å². The third-order valence-corrected chi connectivity index (χ3v) is 3.00. The second kappa shape index (κ2) is 5.57. The summed E-state index contributed by atoms with van der Waals surface area (Å²) >= 11 is 0. The van der Waals surface area contributed by atoms with Crippen LogP contribution in [0.15, 0.2) is 30.3 Å². The van der Waals surface area contributed by atoms with Gasteiger partial charge in [0.05, 0.1) is 24.4 Å². The maximum Gasteiger partial charge on any atom is 0.130 e. The molecule has 0 fully saturated rings. The quantitative estimate of drug-likeness (QED) is 0.913. The number of hydrogen-bond donors (Lipinski definition) is 1. The van der Waals surface area contributed by atoms with E-state index in [2.05, 4.69) is 25.8 Å². The molecule has 0 radical (unpaired) electrons. The van der Waals surface area contributed by atoms with Gasteiger partial charge in [-0.15, -0.1) is 0 Å². The van der Waals surface area contributed by atoms with Crippen LogP contribution in [-0.4, -0.2) is 16.7 Å². The Bertz CT molecular complexity index is 558. The number of pyridine rings is 1. The van der Waals surface area contributed by atoms with Crippen LogP contribution in [0.4, 0.5) is 0 Å². The first-order valence-electron chi connectivity index (χ1n) is 6.62. The normalized spacial score (nSPS) is 11.8. The maximum atomic E-state index is 9.26. The lowest BCUT2D eigenvalue weighted by Gasteiger charge is -2.18. The van der Waals surface area contributed by atoms with Gasteiger partial charge in [-0.25, -0.2) is 0 Å². The fourth-order valence-electron chi connectivity index (χ4n) is 1.86. The molecule has 19 heavy (non-hydrogen) atoms. The minimum absolute atomic E-state index is 0.0690. The molecular weight excluding hydrogens is 238 g/mol. The average molecular weight is 259 g/mol. The van der Waals surface area contributed by atoms with Gasteiger partial charge in [0.1, 0.15) is 5.75 Å². The summed E-state index contributed by atoms with van der Waals surface area (Å²) in [6, 6.07) is 9.67. The third kappa shape index (κ3) is 3.67. The van der Waals surface area contributed by atoms with Crippen LogP contribution in [0.5, 0.6) is 5.75 Å². The molecule has 2 rings (SSSR count). The first-order valence-corrected chi connectivity index (χ1v) is 6.62. The van der Waals surface area contributed by atoms with Crippen molar-refractivity contribution in [2.24, 2.45) is 5.41 Å². The second-order valence-corrected chi connectivity index (χ2v) is 5.95. The molecule has 0 saturated carbocycles. The molecule has 0 unspecified atom stereocenters. The number of ether oxygens (including phenoxy) is 1. The summed E-state index contributed by atoms with van der Waals surface area (Å²) in [5, 5.41) is 10.3. The molecular formula is C16H21NO2. The highest BCUT2D eigenvalue weighted by atomic mass is 16.5. The van der Waals surface area contributed by atoms with Gasteiger partial charge < -0.3 is 9.84 Å². The van der Waals surface area contributed by atoms with Crippen molar-refractivity contribution in [3.63, 3.8) is 0 Å². The van der Waals surface area contributed by atoms with E-state index in [4.69, 9.17) is 4.74 Å². The molecule has 3 heteroatoms. The molecule has 1 N–H and O–H groups in total. The standard InChI is InChI=1S/C16H21NO2/c1-16(2,3)8-9-19-15-10-12(11-18)17-14-7-5-4-6-13(14)15/h4-7,10,18H,8-9,11H2,1-3H3. The van der Waals surface area contributed by atoms with Crippen molar-refractivity contribution in [3.8, 4) is 5.75 Å². The Hall–Kier alpha value is -1.61. The lowest BCUT2D eigenvalue weighted by molar-refractivity contribution is 0.243. The van der Waals surface area contributed by atoms with Crippen LogP contribution in [-0.2, 0) is 6.61 Å². The number of aliphatic hydroxyl groups excluding tert-OH is 1. The Kier molecular flexibility index (Phi) is 4.05. The summed E-state index contributed by atoms with van der Waals surface area (Å²) in [5.41, 5.74) is 1.76. The predicted octanol–water partition coefficient (Wildman–Crippen LogP) is 3.54. The molecule has 0 saturated heterocycles. The van der Waals surface area contributed by atoms with Crippen molar-refractivity contribution < 1.29 is 9.84 Å². The van der Waals surface area contributed by atoms with Gasteiger partial charge in [0.2, 0.25) is 0 Å². The first kappa shape index (κ1) is 13.8. The first-order chi connectivity index (χ1) is 8.99. The number of aliphatic hydroxyl groups is 1. The molecule has 0 amide bonds. The Morgan fingerprint density at radius 1 is 1.21 bits per heavy atom. The Labute approximate surface area is 114 Å². The summed E-state index contributed by atoms with van der Waals surface area (Å²) in [7, 11) is 0. The molecule has 102 valence electrons. The predicted molar refractivity (Wildman–Crippen MR) is 77.2 cm³/mol. The summed E-state index contributed by atoms with van der Waals surface area (Å²) in [4.78, 5) is 4.38. The van der Waals surface area contributed by atoms with Gasteiger partial charge in [0.25, 0.3) is 0 Å². The van der Waals surface area contributed by atoms with Crippen molar-refractivity contribution >= 4 is 10.9 Å². The molecule has 0 bridgehead atoms. The zero-order chi connectivity index (χ0) is 13.9. The molecule has 0 aliphatic heterocycles. The minimum Gasteiger partial charge on any atom is -0.493 e. The van der Waals surface area contributed by atoms with Crippen molar-refractivity contribution in [1.29, 1.82) is 0 Å². The fraction of sp³-hybridized carbons (Fsp3) is 0.438. The smallest absolute Gasteiger partial charge is 0.130 e. The van der Waals surface area contributed by atoms with E-state index in [0.717, 1.165) is 23.1 Å².